The molecule has 268 valence electrons. The summed E-state index contributed by atoms with van der Waals surface area (Å²) in [5.74, 6) is -0.313. The zero-order valence-corrected chi connectivity index (χ0v) is 30.3. The van der Waals surface area contributed by atoms with Crippen LogP contribution in [0.3, 0.4) is 0 Å². The molecule has 45 heavy (non-hydrogen) atoms. The Morgan fingerprint density at radius 1 is 0.556 bits per heavy atom. The van der Waals surface area contributed by atoms with Gasteiger partial charge in [-0.2, -0.15) is 0 Å². The maximum absolute atomic E-state index is 12.4. The molecule has 3 atom stereocenters. The van der Waals surface area contributed by atoms with Crippen LogP contribution in [0.2, 0.25) is 0 Å². The highest BCUT2D eigenvalue weighted by Crippen LogP contribution is 2.16. The Morgan fingerprint density at radius 2 is 0.911 bits per heavy atom. The van der Waals surface area contributed by atoms with Crippen LogP contribution >= 0.6 is 0 Å². The molecule has 0 aliphatic carbocycles. The summed E-state index contributed by atoms with van der Waals surface area (Å²) in [5, 5.41) is 33.1. The van der Waals surface area contributed by atoms with Gasteiger partial charge in [0.2, 0.25) is 5.91 Å². The highest BCUT2D eigenvalue weighted by Gasteiger charge is 2.20. The normalized spacial score (nSPS) is 13.8. The fraction of sp³-hybridized carbons (Fsp3) is 0.925. The quantitative estimate of drug-likeness (QED) is 0.0406. The van der Waals surface area contributed by atoms with Gasteiger partial charge < -0.3 is 20.6 Å². The van der Waals surface area contributed by atoms with Crippen LogP contribution in [0.25, 0.3) is 0 Å². The van der Waals surface area contributed by atoms with Gasteiger partial charge in [-0.15, -0.1) is 0 Å². The molecule has 5 heteroatoms. The van der Waals surface area contributed by atoms with Gasteiger partial charge in [-0.1, -0.05) is 199 Å². The predicted molar refractivity (Wildman–Crippen MR) is 195 cm³/mol. The van der Waals surface area contributed by atoms with Crippen LogP contribution in [0.4, 0.5) is 0 Å². The first kappa shape index (κ1) is 44.1. The molecule has 0 bridgehead atoms. The molecule has 0 aliphatic heterocycles. The van der Waals surface area contributed by atoms with Crippen molar-refractivity contribution < 1.29 is 20.1 Å². The van der Waals surface area contributed by atoms with Crippen LogP contribution in [0.15, 0.2) is 12.2 Å². The summed E-state index contributed by atoms with van der Waals surface area (Å²) >= 11 is 0. The number of aliphatic hydroxyl groups excluding tert-OH is 3. The Labute approximate surface area is 280 Å². The van der Waals surface area contributed by atoms with Crippen LogP contribution in [0.5, 0.6) is 0 Å². The first-order valence-corrected chi connectivity index (χ1v) is 20.0. The van der Waals surface area contributed by atoms with Gasteiger partial charge >= 0.3 is 0 Å². The SMILES string of the molecule is CCCCCCCCCCCCCCC/C=C/C(O)C(CO)NC(=O)CC(O)CCCCCCCCCCCCCCCCC. The molecule has 0 saturated carbocycles. The molecule has 0 aromatic carbocycles. The number of hydrogen-bond donors (Lipinski definition) is 4. The van der Waals surface area contributed by atoms with Crippen molar-refractivity contribution in [1.29, 1.82) is 0 Å². The number of aliphatic hydroxyl groups is 3. The summed E-state index contributed by atoms with van der Waals surface area (Å²) in [5.41, 5.74) is 0. The first-order valence-electron chi connectivity index (χ1n) is 20.0. The molecule has 0 fully saturated rings. The molecule has 0 spiro atoms. The number of unbranched alkanes of at least 4 members (excludes halogenated alkanes) is 27. The number of hydrogen-bond acceptors (Lipinski definition) is 4. The van der Waals surface area contributed by atoms with Crippen molar-refractivity contribution in [3.8, 4) is 0 Å². The lowest BCUT2D eigenvalue weighted by Gasteiger charge is -2.21. The first-order chi connectivity index (χ1) is 22.0. The standard InChI is InChI=1S/C40H79NO4/c1-3-5-7-9-11-13-15-17-19-21-23-25-27-29-31-33-37(43)35-40(45)41-38(36-42)39(44)34-32-30-28-26-24-22-20-18-16-14-12-10-8-6-4-2/h32,34,37-39,42-44H,3-31,33,35-36H2,1-2H3,(H,41,45)/b34-32+. The average Bonchev–Trinajstić information content (AvgIpc) is 3.03. The zero-order chi connectivity index (χ0) is 33.1. The maximum Gasteiger partial charge on any atom is 0.222 e. The number of carbonyl (C=O) groups is 1. The van der Waals surface area contributed by atoms with Gasteiger partial charge in [0.1, 0.15) is 0 Å². The fourth-order valence-corrected chi connectivity index (χ4v) is 6.22. The third kappa shape index (κ3) is 32.8. The molecule has 0 aromatic heterocycles. The van der Waals surface area contributed by atoms with E-state index in [2.05, 4.69) is 19.2 Å². The summed E-state index contributed by atoms with van der Waals surface area (Å²) < 4.78 is 0. The largest absolute Gasteiger partial charge is 0.394 e. The second kappa shape index (κ2) is 35.9. The number of allylic oxidation sites excluding steroid dienone is 1. The molecular weight excluding hydrogens is 558 g/mol. The minimum atomic E-state index is -0.923. The third-order valence-corrected chi connectivity index (χ3v) is 9.32. The van der Waals surface area contributed by atoms with Crippen LogP contribution < -0.4 is 5.32 Å². The number of nitrogens with one attached hydrogen (secondary N) is 1. The lowest BCUT2D eigenvalue weighted by atomic mass is 10.0. The van der Waals surface area contributed by atoms with Gasteiger partial charge in [0, 0.05) is 0 Å². The molecule has 0 heterocycles. The summed E-state index contributed by atoms with van der Waals surface area (Å²) in [4.78, 5) is 12.4. The van der Waals surface area contributed by atoms with Gasteiger partial charge in [-0.25, -0.2) is 0 Å². The van der Waals surface area contributed by atoms with E-state index < -0.39 is 18.2 Å². The van der Waals surface area contributed by atoms with Crippen molar-refractivity contribution in [3.05, 3.63) is 12.2 Å². The van der Waals surface area contributed by atoms with Crippen LogP contribution in [0.1, 0.15) is 213 Å². The van der Waals surface area contributed by atoms with E-state index in [0.717, 1.165) is 25.7 Å². The molecule has 0 saturated heterocycles. The van der Waals surface area contributed by atoms with Crippen molar-refractivity contribution in [2.24, 2.45) is 0 Å². The van der Waals surface area contributed by atoms with Crippen molar-refractivity contribution in [3.63, 3.8) is 0 Å². The van der Waals surface area contributed by atoms with E-state index in [1.54, 1.807) is 6.08 Å². The second-order valence-electron chi connectivity index (χ2n) is 13.9. The Kier molecular flexibility index (Phi) is 35.2. The average molecular weight is 638 g/mol. The molecule has 1 amide bonds. The molecular formula is C40H79NO4. The Hall–Kier alpha value is -0.910. The van der Waals surface area contributed by atoms with Gasteiger partial charge in [-0.3, -0.25) is 4.79 Å². The monoisotopic (exact) mass is 638 g/mol. The van der Waals surface area contributed by atoms with Crippen LogP contribution in [-0.4, -0.2) is 46.1 Å². The molecule has 4 N–H and O–H groups in total. The predicted octanol–water partition coefficient (Wildman–Crippen LogP) is 10.9. The molecule has 0 radical (unpaired) electrons. The topological polar surface area (TPSA) is 89.8 Å². The highest BCUT2D eigenvalue weighted by molar-refractivity contribution is 5.76. The summed E-state index contributed by atoms with van der Waals surface area (Å²) in [6.45, 7) is 4.21. The fourth-order valence-electron chi connectivity index (χ4n) is 6.22. The summed E-state index contributed by atoms with van der Waals surface area (Å²) in [6, 6.07) is -0.738. The minimum absolute atomic E-state index is 0.0184. The van der Waals surface area contributed by atoms with Crippen LogP contribution in [0, 0.1) is 0 Å². The second-order valence-corrected chi connectivity index (χ2v) is 13.9. The Bertz CT molecular complexity index is 625. The number of carbonyl (C=O) groups excluding carboxylic acids is 1. The van der Waals surface area contributed by atoms with Crippen LogP contribution in [-0.2, 0) is 4.79 Å². The third-order valence-electron chi connectivity index (χ3n) is 9.32. The Balaban J connectivity index is 3.68. The van der Waals surface area contributed by atoms with Gasteiger partial charge in [0.15, 0.2) is 0 Å². The van der Waals surface area contributed by atoms with Gasteiger partial charge in [-0.05, 0) is 19.3 Å². The lowest BCUT2D eigenvalue weighted by Crippen LogP contribution is -2.45. The molecule has 0 aliphatic rings. The molecule has 0 rings (SSSR count). The number of amides is 1. The van der Waals surface area contributed by atoms with E-state index in [-0.39, 0.29) is 18.9 Å². The van der Waals surface area contributed by atoms with Gasteiger partial charge in [0.05, 0.1) is 31.3 Å². The summed E-state index contributed by atoms with van der Waals surface area (Å²) in [6.07, 6.45) is 40.5. The smallest absolute Gasteiger partial charge is 0.222 e. The van der Waals surface area contributed by atoms with Crippen molar-refractivity contribution >= 4 is 5.91 Å². The highest BCUT2D eigenvalue weighted by atomic mass is 16.3. The molecule has 0 aromatic rings. The van der Waals surface area contributed by atoms with E-state index in [4.69, 9.17) is 0 Å². The molecule has 3 unspecified atom stereocenters. The number of rotatable bonds is 36. The minimum Gasteiger partial charge on any atom is -0.394 e. The van der Waals surface area contributed by atoms with Crippen molar-refractivity contribution in [2.75, 3.05) is 6.61 Å². The van der Waals surface area contributed by atoms with E-state index in [1.165, 1.54) is 161 Å². The lowest BCUT2D eigenvalue weighted by molar-refractivity contribution is -0.124. The van der Waals surface area contributed by atoms with E-state index in [0.29, 0.717) is 6.42 Å². The maximum atomic E-state index is 12.4. The summed E-state index contributed by atoms with van der Waals surface area (Å²) in [7, 11) is 0. The van der Waals surface area contributed by atoms with E-state index in [1.807, 2.05) is 6.08 Å². The van der Waals surface area contributed by atoms with Crippen molar-refractivity contribution in [1.82, 2.24) is 5.32 Å². The molecule has 5 nitrogen and oxygen atoms in total. The van der Waals surface area contributed by atoms with Crippen molar-refractivity contribution in [2.45, 2.75) is 231 Å². The zero-order valence-electron chi connectivity index (χ0n) is 30.3. The van der Waals surface area contributed by atoms with E-state index in [9.17, 15) is 20.1 Å². The van der Waals surface area contributed by atoms with E-state index >= 15 is 0 Å². The van der Waals surface area contributed by atoms with Gasteiger partial charge in [0.25, 0.3) is 0 Å². The Morgan fingerprint density at radius 3 is 1.29 bits per heavy atom.